The van der Waals surface area contributed by atoms with Crippen molar-refractivity contribution in [3.8, 4) is 5.75 Å². The lowest BCUT2D eigenvalue weighted by Gasteiger charge is -2.16. The molecule has 0 bridgehead atoms. The first kappa shape index (κ1) is 12.2. The van der Waals surface area contributed by atoms with Gasteiger partial charge in [0.2, 0.25) is 0 Å². The van der Waals surface area contributed by atoms with Gasteiger partial charge >= 0.3 is 0 Å². The predicted molar refractivity (Wildman–Crippen MR) is 70.2 cm³/mol. The Labute approximate surface area is 109 Å². The summed E-state index contributed by atoms with van der Waals surface area (Å²) in [5, 5.41) is 0. The third-order valence-corrected chi connectivity index (χ3v) is 3.02. The molecule has 1 aliphatic heterocycles. The number of ether oxygens (including phenoxy) is 2. The third-order valence-electron chi connectivity index (χ3n) is 2.49. The summed E-state index contributed by atoms with van der Waals surface area (Å²) in [6, 6.07) is 8.17. The molecule has 2 N–H and O–H groups in total. The Hall–Kier alpha value is -1.23. The number of aliphatic imine (C=N–C) groups is 1. The molecule has 4 nitrogen and oxygen atoms in total. The van der Waals surface area contributed by atoms with E-state index in [4.69, 9.17) is 15.2 Å². The van der Waals surface area contributed by atoms with Crippen molar-refractivity contribution in [1.82, 2.24) is 0 Å². The number of hydrogen-bond donors (Lipinski definition) is 1. The van der Waals surface area contributed by atoms with Gasteiger partial charge in [-0.05, 0) is 31.2 Å². The van der Waals surface area contributed by atoms with Crippen LogP contribution in [-0.2, 0) is 4.74 Å². The highest BCUT2D eigenvalue weighted by atomic mass is 79.9. The zero-order valence-corrected chi connectivity index (χ0v) is 11.2. The van der Waals surface area contributed by atoms with Crippen LogP contribution in [0.1, 0.15) is 13.3 Å². The SMILES string of the molecule is CC(CC1COC(N)=N1)Oc1ccc(Br)cc1. The summed E-state index contributed by atoms with van der Waals surface area (Å²) in [6.45, 7) is 2.58. The molecule has 2 unspecified atom stereocenters. The Balaban J connectivity index is 1.85. The molecule has 1 aromatic carbocycles. The van der Waals surface area contributed by atoms with Crippen LogP contribution < -0.4 is 10.5 Å². The van der Waals surface area contributed by atoms with Crippen LogP contribution in [0.5, 0.6) is 5.75 Å². The van der Waals surface area contributed by atoms with Gasteiger partial charge in [-0.25, -0.2) is 4.99 Å². The first-order valence-corrected chi connectivity index (χ1v) is 6.31. The van der Waals surface area contributed by atoms with Gasteiger partial charge in [-0.2, -0.15) is 0 Å². The van der Waals surface area contributed by atoms with Crippen LogP contribution in [0.3, 0.4) is 0 Å². The Morgan fingerprint density at radius 2 is 2.24 bits per heavy atom. The summed E-state index contributed by atoms with van der Waals surface area (Å²) >= 11 is 3.39. The topological polar surface area (TPSA) is 56.8 Å². The second-order valence-corrected chi connectivity index (χ2v) is 4.97. The Bertz CT molecular complexity index is 405. The maximum absolute atomic E-state index is 5.78. The standard InChI is InChI=1S/C12H15BrN2O2/c1-8(6-10-7-16-12(14)15-10)17-11-4-2-9(13)3-5-11/h2-5,8,10H,6-7H2,1H3,(H2,14,15). The number of halogens is 1. The highest BCUT2D eigenvalue weighted by molar-refractivity contribution is 9.10. The molecule has 2 rings (SSSR count). The second kappa shape index (κ2) is 5.40. The van der Waals surface area contributed by atoms with Crippen LogP contribution in [0.2, 0.25) is 0 Å². The molecule has 0 radical (unpaired) electrons. The van der Waals surface area contributed by atoms with Crippen molar-refractivity contribution in [1.29, 1.82) is 0 Å². The van der Waals surface area contributed by atoms with E-state index in [1.807, 2.05) is 31.2 Å². The fraction of sp³-hybridized carbons (Fsp3) is 0.417. The van der Waals surface area contributed by atoms with Crippen molar-refractivity contribution in [2.75, 3.05) is 6.61 Å². The highest BCUT2D eigenvalue weighted by Gasteiger charge is 2.20. The molecule has 1 aliphatic rings. The molecule has 0 aromatic heterocycles. The molecule has 0 saturated carbocycles. The summed E-state index contributed by atoms with van der Waals surface area (Å²) in [4.78, 5) is 4.17. The summed E-state index contributed by atoms with van der Waals surface area (Å²) < 4.78 is 11.9. The number of rotatable bonds is 4. The molecule has 0 saturated heterocycles. The summed E-state index contributed by atoms with van der Waals surface area (Å²) in [7, 11) is 0. The van der Waals surface area contributed by atoms with Gasteiger partial charge in [0.05, 0.1) is 12.1 Å². The molecule has 1 aromatic rings. The smallest absolute Gasteiger partial charge is 0.282 e. The van der Waals surface area contributed by atoms with E-state index in [9.17, 15) is 0 Å². The molecule has 0 spiro atoms. The van der Waals surface area contributed by atoms with Gasteiger partial charge in [0.15, 0.2) is 0 Å². The van der Waals surface area contributed by atoms with Crippen molar-refractivity contribution in [3.63, 3.8) is 0 Å². The summed E-state index contributed by atoms with van der Waals surface area (Å²) in [5.74, 6) is 0.858. The monoisotopic (exact) mass is 298 g/mol. The van der Waals surface area contributed by atoms with Gasteiger partial charge in [0, 0.05) is 10.9 Å². The molecule has 0 fully saturated rings. The van der Waals surface area contributed by atoms with Gasteiger partial charge in [-0.3, -0.25) is 0 Å². The summed E-state index contributed by atoms with van der Waals surface area (Å²) in [5.41, 5.74) is 5.45. The van der Waals surface area contributed by atoms with Crippen molar-refractivity contribution >= 4 is 22.0 Å². The molecule has 5 heteroatoms. The minimum absolute atomic E-state index is 0.0828. The zero-order valence-electron chi connectivity index (χ0n) is 9.60. The van der Waals surface area contributed by atoms with Crippen LogP contribution in [-0.4, -0.2) is 24.8 Å². The highest BCUT2D eigenvalue weighted by Crippen LogP contribution is 2.19. The van der Waals surface area contributed by atoms with Crippen LogP contribution in [0.4, 0.5) is 0 Å². The van der Waals surface area contributed by atoms with E-state index in [0.29, 0.717) is 6.61 Å². The average molecular weight is 299 g/mol. The lowest BCUT2D eigenvalue weighted by Crippen LogP contribution is -2.20. The lowest BCUT2D eigenvalue weighted by molar-refractivity contribution is 0.189. The van der Waals surface area contributed by atoms with E-state index in [1.54, 1.807) is 0 Å². The Morgan fingerprint density at radius 3 is 2.82 bits per heavy atom. The number of hydrogen-bond acceptors (Lipinski definition) is 4. The van der Waals surface area contributed by atoms with E-state index in [1.165, 1.54) is 0 Å². The van der Waals surface area contributed by atoms with Gasteiger partial charge in [0.1, 0.15) is 12.4 Å². The fourth-order valence-electron chi connectivity index (χ4n) is 1.73. The first-order chi connectivity index (χ1) is 8.13. The number of amidine groups is 1. The molecular formula is C12H15BrN2O2. The molecule has 2 atom stereocenters. The summed E-state index contributed by atoms with van der Waals surface area (Å²) in [6.07, 6.45) is 0.885. The van der Waals surface area contributed by atoms with Gasteiger partial charge in [-0.1, -0.05) is 15.9 Å². The quantitative estimate of drug-likeness (QED) is 0.928. The molecule has 0 amide bonds. The molecule has 17 heavy (non-hydrogen) atoms. The minimum atomic E-state index is 0.0828. The van der Waals surface area contributed by atoms with Crippen LogP contribution in [0.25, 0.3) is 0 Å². The number of nitrogens with zero attached hydrogens (tertiary/aromatic N) is 1. The average Bonchev–Trinajstić information content (AvgIpc) is 2.67. The normalized spacial score (nSPS) is 20.6. The van der Waals surface area contributed by atoms with Crippen LogP contribution in [0.15, 0.2) is 33.7 Å². The van der Waals surface area contributed by atoms with Crippen LogP contribution >= 0.6 is 15.9 Å². The Morgan fingerprint density at radius 1 is 1.53 bits per heavy atom. The second-order valence-electron chi connectivity index (χ2n) is 4.05. The van der Waals surface area contributed by atoms with Gasteiger partial charge in [-0.15, -0.1) is 0 Å². The van der Waals surface area contributed by atoms with Gasteiger partial charge in [0.25, 0.3) is 6.02 Å². The molecule has 0 aliphatic carbocycles. The van der Waals surface area contributed by atoms with Crippen molar-refractivity contribution < 1.29 is 9.47 Å². The van der Waals surface area contributed by atoms with E-state index in [0.717, 1.165) is 16.6 Å². The fourth-order valence-corrected chi connectivity index (χ4v) is 2.00. The lowest BCUT2D eigenvalue weighted by atomic mass is 10.1. The molecule has 92 valence electrons. The van der Waals surface area contributed by atoms with Crippen molar-refractivity contribution in [2.45, 2.75) is 25.5 Å². The third kappa shape index (κ3) is 3.63. The molecule has 1 heterocycles. The first-order valence-electron chi connectivity index (χ1n) is 5.52. The Kier molecular flexibility index (Phi) is 3.89. The predicted octanol–water partition coefficient (Wildman–Crippen LogP) is 2.32. The number of nitrogens with two attached hydrogens (primary N) is 1. The maximum Gasteiger partial charge on any atom is 0.282 e. The maximum atomic E-state index is 5.78. The van der Waals surface area contributed by atoms with E-state index in [-0.39, 0.29) is 18.2 Å². The van der Waals surface area contributed by atoms with Crippen LogP contribution in [0, 0.1) is 0 Å². The molecular weight excluding hydrogens is 284 g/mol. The van der Waals surface area contributed by atoms with E-state index < -0.39 is 0 Å². The number of benzene rings is 1. The van der Waals surface area contributed by atoms with Crippen molar-refractivity contribution in [3.05, 3.63) is 28.7 Å². The zero-order chi connectivity index (χ0) is 12.3. The van der Waals surface area contributed by atoms with Gasteiger partial charge < -0.3 is 15.2 Å². The van der Waals surface area contributed by atoms with E-state index >= 15 is 0 Å². The van der Waals surface area contributed by atoms with Crippen molar-refractivity contribution in [2.24, 2.45) is 10.7 Å². The van der Waals surface area contributed by atoms with E-state index in [2.05, 4.69) is 20.9 Å². The minimum Gasteiger partial charge on any atom is -0.491 e. The largest absolute Gasteiger partial charge is 0.491 e.